The quantitative estimate of drug-likeness (QED) is 0.167. The molecule has 0 radical (unpaired) electrons. The van der Waals surface area contributed by atoms with Crippen molar-refractivity contribution in [1.29, 1.82) is 0 Å². The Kier molecular flexibility index (Phi) is 6.65. The van der Waals surface area contributed by atoms with E-state index in [0.29, 0.717) is 0 Å². The summed E-state index contributed by atoms with van der Waals surface area (Å²) in [6, 6.07) is 59.4. The van der Waals surface area contributed by atoms with Gasteiger partial charge in [-0.15, -0.1) is 0 Å². The molecule has 0 atom stereocenters. The summed E-state index contributed by atoms with van der Waals surface area (Å²) in [5, 5.41) is 6.64. The number of fused-ring (bicyclic) bond motifs is 15. The van der Waals surface area contributed by atoms with Crippen LogP contribution in [0.2, 0.25) is 0 Å². The van der Waals surface area contributed by atoms with E-state index in [2.05, 4.69) is 194 Å². The minimum Gasteiger partial charge on any atom is -0.455 e. The highest BCUT2D eigenvalue weighted by Crippen LogP contribution is 2.45. The Morgan fingerprint density at radius 3 is 2.06 bits per heavy atom. The molecule has 0 saturated carbocycles. The molecular weight excluding hydrogens is 757 g/mol. The Labute approximate surface area is 356 Å². The first kappa shape index (κ1) is 33.9. The Balaban J connectivity index is 1.22. The SMILES string of the molecule is Cc1cc(C)c(-c2cc3c(nc4n5c6c(ccc7cccc(c76)n34)B(c3ccccc3-c3ccccc3)c3ccc4c(oc6ccccc64)c3-5)c3c2oc2ccccc23)c(C)c1. The van der Waals surface area contributed by atoms with E-state index in [1.807, 2.05) is 0 Å². The van der Waals surface area contributed by atoms with E-state index in [-0.39, 0.29) is 6.71 Å². The number of rotatable bonds is 3. The maximum atomic E-state index is 7.05. The number of furan rings is 2. The van der Waals surface area contributed by atoms with Crippen LogP contribution in [0.3, 0.4) is 0 Å². The zero-order chi connectivity index (χ0) is 41.0. The maximum Gasteiger partial charge on any atom is 0.247 e. The van der Waals surface area contributed by atoms with Crippen LogP contribution in [0.15, 0.2) is 173 Å². The fourth-order valence-electron chi connectivity index (χ4n) is 11.3. The number of aromatic nitrogens is 3. The standard InChI is InChI=1S/C56H36BN3O2/c1-31-28-32(2)48(33(3)29-31)40-30-45-51(50-39-19-9-12-23-47(39)61-54(40)50)58-56-59(45)44-21-13-16-35-24-26-42-52(49(35)44)60(56)53-43(27-25-38-37-18-8-11-22-46(37)62-55(38)53)57(42)41-20-10-7-17-36(41)34-14-5-4-6-15-34/h4-30H,1-3H3. The van der Waals surface area contributed by atoms with Gasteiger partial charge < -0.3 is 8.83 Å². The topological polar surface area (TPSA) is 48.5 Å². The molecular formula is C56H36BN3O2. The molecule has 1 aliphatic heterocycles. The zero-order valence-corrected chi connectivity index (χ0v) is 34.3. The molecule has 0 N–H and O–H groups in total. The highest BCUT2D eigenvalue weighted by atomic mass is 16.3. The number of hydrogen-bond donors (Lipinski definition) is 0. The van der Waals surface area contributed by atoms with Crippen LogP contribution in [0, 0.1) is 20.8 Å². The Bertz CT molecular complexity index is 4070. The van der Waals surface area contributed by atoms with Crippen LogP contribution >= 0.6 is 0 Å². The molecule has 5 nitrogen and oxygen atoms in total. The van der Waals surface area contributed by atoms with Crippen molar-refractivity contribution >= 4 is 106 Å². The highest BCUT2D eigenvalue weighted by molar-refractivity contribution is 6.99. The molecule has 13 aromatic rings. The van der Waals surface area contributed by atoms with E-state index >= 15 is 0 Å². The van der Waals surface area contributed by atoms with Gasteiger partial charge in [-0.05, 0) is 89.2 Å². The molecule has 0 aliphatic carbocycles. The number of imidazole rings is 1. The van der Waals surface area contributed by atoms with Crippen molar-refractivity contribution in [2.75, 3.05) is 0 Å². The molecule has 14 rings (SSSR count). The van der Waals surface area contributed by atoms with Crippen molar-refractivity contribution in [2.45, 2.75) is 20.8 Å². The predicted octanol–water partition coefficient (Wildman–Crippen LogP) is 12.5. The molecule has 9 aromatic carbocycles. The third-order valence-electron chi connectivity index (χ3n) is 13.6. The molecule has 62 heavy (non-hydrogen) atoms. The number of aryl methyl sites for hydroxylation is 3. The zero-order valence-electron chi connectivity index (χ0n) is 34.3. The highest BCUT2D eigenvalue weighted by Gasteiger charge is 2.38. The molecule has 0 bridgehead atoms. The van der Waals surface area contributed by atoms with E-state index in [1.165, 1.54) is 60.5 Å². The van der Waals surface area contributed by atoms with Gasteiger partial charge in [0.1, 0.15) is 22.3 Å². The molecule has 4 aromatic heterocycles. The maximum absolute atomic E-state index is 7.05. The Morgan fingerprint density at radius 1 is 0.516 bits per heavy atom. The van der Waals surface area contributed by atoms with Gasteiger partial charge in [0.05, 0.1) is 27.6 Å². The second-order valence-corrected chi connectivity index (χ2v) is 17.2. The number of hydrogen-bond acceptors (Lipinski definition) is 3. The number of benzene rings is 9. The lowest BCUT2D eigenvalue weighted by atomic mass is 9.34. The molecule has 0 unspecified atom stereocenters. The lowest BCUT2D eigenvalue weighted by Crippen LogP contribution is -2.57. The fraction of sp³-hybridized carbons (Fsp3) is 0.0536. The third-order valence-corrected chi connectivity index (χ3v) is 13.6. The molecule has 0 fully saturated rings. The summed E-state index contributed by atoms with van der Waals surface area (Å²) < 4.78 is 18.8. The van der Waals surface area contributed by atoms with Gasteiger partial charge in [-0.2, -0.15) is 0 Å². The average Bonchev–Trinajstić information content (AvgIpc) is 4.00. The molecule has 290 valence electrons. The molecule has 0 spiro atoms. The van der Waals surface area contributed by atoms with E-state index in [9.17, 15) is 0 Å². The van der Waals surface area contributed by atoms with Gasteiger partial charge in [0.2, 0.25) is 12.5 Å². The van der Waals surface area contributed by atoms with Crippen molar-refractivity contribution in [3.8, 4) is 27.9 Å². The third kappa shape index (κ3) is 4.35. The summed E-state index contributed by atoms with van der Waals surface area (Å²) >= 11 is 0. The van der Waals surface area contributed by atoms with Crippen molar-refractivity contribution in [1.82, 2.24) is 14.0 Å². The monoisotopic (exact) mass is 793 g/mol. The average molecular weight is 794 g/mol. The number of nitrogens with zero attached hydrogens (tertiary/aromatic N) is 3. The number of para-hydroxylation sites is 2. The van der Waals surface area contributed by atoms with E-state index < -0.39 is 0 Å². The molecule has 0 saturated heterocycles. The lowest BCUT2D eigenvalue weighted by molar-refractivity contribution is 0.666. The first-order valence-corrected chi connectivity index (χ1v) is 21.4. The van der Waals surface area contributed by atoms with Gasteiger partial charge in [0.25, 0.3) is 0 Å². The van der Waals surface area contributed by atoms with Gasteiger partial charge in [-0.3, -0.25) is 8.97 Å². The molecule has 1 aliphatic rings. The summed E-state index contributed by atoms with van der Waals surface area (Å²) in [6.07, 6.45) is 0. The normalized spacial score (nSPS) is 12.7. The Morgan fingerprint density at radius 2 is 1.23 bits per heavy atom. The van der Waals surface area contributed by atoms with Crippen molar-refractivity contribution < 1.29 is 8.83 Å². The Hall–Kier alpha value is -7.83. The van der Waals surface area contributed by atoms with Gasteiger partial charge in [-0.25, -0.2) is 4.98 Å². The van der Waals surface area contributed by atoms with Crippen molar-refractivity contribution in [3.63, 3.8) is 0 Å². The molecule has 5 heterocycles. The smallest absolute Gasteiger partial charge is 0.247 e. The molecule has 6 heteroatoms. The summed E-state index contributed by atoms with van der Waals surface area (Å²) in [5.41, 5.74) is 20.7. The predicted molar refractivity (Wildman–Crippen MR) is 258 cm³/mol. The van der Waals surface area contributed by atoms with Gasteiger partial charge in [0, 0.05) is 27.1 Å². The van der Waals surface area contributed by atoms with Crippen LogP contribution in [0.4, 0.5) is 0 Å². The van der Waals surface area contributed by atoms with Crippen molar-refractivity contribution in [3.05, 3.63) is 180 Å². The van der Waals surface area contributed by atoms with Crippen LogP contribution in [0.5, 0.6) is 0 Å². The molecule has 0 amide bonds. The van der Waals surface area contributed by atoms with Crippen molar-refractivity contribution in [2.24, 2.45) is 0 Å². The second kappa shape index (κ2) is 12.1. The van der Waals surface area contributed by atoms with E-state index in [1.54, 1.807) is 0 Å². The lowest BCUT2D eigenvalue weighted by Gasteiger charge is -2.31. The summed E-state index contributed by atoms with van der Waals surface area (Å²) in [6.45, 7) is 6.51. The van der Waals surface area contributed by atoms with E-state index in [4.69, 9.17) is 13.8 Å². The van der Waals surface area contributed by atoms with Crippen LogP contribution in [-0.2, 0) is 0 Å². The van der Waals surface area contributed by atoms with Crippen LogP contribution in [-0.4, -0.2) is 20.7 Å². The van der Waals surface area contributed by atoms with Crippen LogP contribution in [0.25, 0.3) is 110 Å². The summed E-state index contributed by atoms with van der Waals surface area (Å²) in [7, 11) is 0. The minimum atomic E-state index is -0.0951. The first-order valence-electron chi connectivity index (χ1n) is 21.4. The fourth-order valence-corrected chi connectivity index (χ4v) is 11.3. The van der Waals surface area contributed by atoms with Gasteiger partial charge in [-0.1, -0.05) is 151 Å². The van der Waals surface area contributed by atoms with Gasteiger partial charge >= 0.3 is 0 Å². The summed E-state index contributed by atoms with van der Waals surface area (Å²) in [4.78, 5) is 5.82. The second-order valence-electron chi connectivity index (χ2n) is 17.2. The minimum absolute atomic E-state index is 0.0951. The van der Waals surface area contributed by atoms with Gasteiger partial charge in [0.15, 0.2) is 5.58 Å². The largest absolute Gasteiger partial charge is 0.455 e. The first-order chi connectivity index (χ1) is 30.5. The summed E-state index contributed by atoms with van der Waals surface area (Å²) in [5.74, 6) is 0.831. The van der Waals surface area contributed by atoms with Crippen LogP contribution < -0.4 is 16.4 Å². The van der Waals surface area contributed by atoms with E-state index in [0.717, 1.165) is 83.0 Å². The van der Waals surface area contributed by atoms with Crippen LogP contribution in [0.1, 0.15) is 16.7 Å².